The van der Waals surface area contributed by atoms with Gasteiger partial charge in [-0.3, -0.25) is 0 Å². The van der Waals surface area contributed by atoms with Crippen molar-refractivity contribution in [3.63, 3.8) is 0 Å². The first-order valence-corrected chi connectivity index (χ1v) is 6.69. The van der Waals surface area contributed by atoms with E-state index in [0.717, 1.165) is 25.0 Å². The minimum absolute atomic E-state index is 0.166. The number of nitrogens with zero attached hydrogens (tertiary/aromatic N) is 1. The summed E-state index contributed by atoms with van der Waals surface area (Å²) in [7, 11) is 0. The molecule has 0 fully saturated rings. The highest BCUT2D eigenvalue weighted by Crippen LogP contribution is 2.15. The van der Waals surface area contributed by atoms with Crippen LogP contribution in [0.5, 0.6) is 0 Å². The van der Waals surface area contributed by atoms with Crippen LogP contribution in [0.1, 0.15) is 30.1 Å². The molecule has 2 amide bonds. The average molecular weight is 298 g/mol. The van der Waals surface area contributed by atoms with Crippen molar-refractivity contribution in [2.75, 3.05) is 25.0 Å². The van der Waals surface area contributed by atoms with Gasteiger partial charge in [-0.05, 0) is 24.6 Å². The second kappa shape index (κ2) is 8.21. The normalized spacial score (nSPS) is 10.2. The summed E-state index contributed by atoms with van der Waals surface area (Å²) in [6, 6.07) is 2.88. The molecule has 1 aromatic rings. The number of nitrogens with one attached hydrogen (secondary N) is 1. The van der Waals surface area contributed by atoms with Crippen molar-refractivity contribution in [3.8, 4) is 0 Å². The highest BCUT2D eigenvalue weighted by molar-refractivity contribution is 5.93. The minimum Gasteiger partial charge on any atom is -0.478 e. The number of benzene rings is 1. The topological polar surface area (TPSA) is 89.9 Å². The van der Waals surface area contributed by atoms with Crippen molar-refractivity contribution in [2.24, 2.45) is 0 Å². The Labute approximate surface area is 122 Å². The third kappa shape index (κ3) is 5.03. The molecule has 6 nitrogen and oxygen atoms in total. The van der Waals surface area contributed by atoms with Crippen LogP contribution in [-0.4, -0.2) is 46.8 Å². The minimum atomic E-state index is -1.40. The van der Waals surface area contributed by atoms with Crippen LogP contribution >= 0.6 is 0 Å². The number of carbonyl (C=O) groups is 2. The Morgan fingerprint density at radius 2 is 2.05 bits per heavy atom. The predicted octanol–water partition coefficient (Wildman–Crippen LogP) is 2.15. The number of aliphatic hydroxyl groups is 1. The number of hydrogen-bond donors (Lipinski definition) is 3. The van der Waals surface area contributed by atoms with Gasteiger partial charge in [0.05, 0.1) is 12.2 Å². The van der Waals surface area contributed by atoms with E-state index in [0.29, 0.717) is 6.54 Å². The van der Waals surface area contributed by atoms with Crippen molar-refractivity contribution in [3.05, 3.63) is 29.6 Å². The van der Waals surface area contributed by atoms with Crippen molar-refractivity contribution < 1.29 is 24.2 Å². The maximum atomic E-state index is 13.3. The van der Waals surface area contributed by atoms with Crippen molar-refractivity contribution in [1.82, 2.24) is 4.90 Å². The highest BCUT2D eigenvalue weighted by atomic mass is 19.1. The largest absolute Gasteiger partial charge is 0.478 e. The summed E-state index contributed by atoms with van der Waals surface area (Å²) >= 11 is 0. The van der Waals surface area contributed by atoms with Crippen LogP contribution in [0.2, 0.25) is 0 Å². The lowest BCUT2D eigenvalue weighted by Crippen LogP contribution is -2.37. The number of rotatable bonds is 7. The summed E-state index contributed by atoms with van der Waals surface area (Å²) in [4.78, 5) is 24.3. The van der Waals surface area contributed by atoms with Gasteiger partial charge in [-0.25, -0.2) is 14.0 Å². The number of unbranched alkanes of at least 4 members (excludes halogenated alkanes) is 1. The number of carbonyl (C=O) groups excluding carboxylic acids is 1. The zero-order chi connectivity index (χ0) is 15.8. The molecule has 116 valence electrons. The summed E-state index contributed by atoms with van der Waals surface area (Å²) in [6.45, 7) is 2.48. The van der Waals surface area contributed by atoms with Crippen LogP contribution < -0.4 is 5.32 Å². The molecule has 3 N–H and O–H groups in total. The Bertz CT molecular complexity index is 508. The van der Waals surface area contributed by atoms with Gasteiger partial charge in [0, 0.05) is 18.8 Å². The summed E-state index contributed by atoms with van der Waals surface area (Å²) < 4.78 is 13.3. The molecule has 21 heavy (non-hydrogen) atoms. The molecule has 0 aliphatic heterocycles. The Morgan fingerprint density at radius 3 is 2.62 bits per heavy atom. The Balaban J connectivity index is 2.80. The van der Waals surface area contributed by atoms with Gasteiger partial charge in [0.15, 0.2) is 0 Å². The van der Waals surface area contributed by atoms with Crippen LogP contribution in [0.15, 0.2) is 18.2 Å². The lowest BCUT2D eigenvalue weighted by Gasteiger charge is -2.22. The van der Waals surface area contributed by atoms with E-state index in [-0.39, 0.29) is 18.8 Å². The van der Waals surface area contributed by atoms with Crippen LogP contribution in [-0.2, 0) is 0 Å². The molecule has 0 heterocycles. The lowest BCUT2D eigenvalue weighted by atomic mass is 10.2. The van der Waals surface area contributed by atoms with Crippen LogP contribution in [0.25, 0.3) is 0 Å². The number of carboxylic acid groups (broad SMARTS) is 1. The Kier molecular flexibility index (Phi) is 6.61. The maximum absolute atomic E-state index is 13.3. The Morgan fingerprint density at radius 1 is 1.33 bits per heavy atom. The number of halogens is 1. The number of aromatic carboxylic acids is 1. The summed E-state index contributed by atoms with van der Waals surface area (Å²) in [6.07, 6.45) is 1.69. The smallest absolute Gasteiger partial charge is 0.338 e. The van der Waals surface area contributed by atoms with Crippen LogP contribution in [0.4, 0.5) is 14.9 Å². The number of hydrogen-bond acceptors (Lipinski definition) is 3. The SMILES string of the molecule is CCCCN(CCO)C(=O)Nc1ccc(F)c(C(=O)O)c1. The second-order valence-electron chi connectivity index (χ2n) is 4.49. The van der Waals surface area contributed by atoms with Crippen molar-refractivity contribution in [1.29, 1.82) is 0 Å². The molecular weight excluding hydrogens is 279 g/mol. The molecular formula is C14H19FN2O4. The highest BCUT2D eigenvalue weighted by Gasteiger charge is 2.15. The fourth-order valence-electron chi connectivity index (χ4n) is 1.75. The molecule has 0 radical (unpaired) electrons. The van der Waals surface area contributed by atoms with Gasteiger partial charge in [0.25, 0.3) is 0 Å². The molecule has 7 heteroatoms. The first-order valence-electron chi connectivity index (χ1n) is 6.69. The molecule has 0 unspecified atom stereocenters. The zero-order valence-corrected chi connectivity index (χ0v) is 11.8. The summed E-state index contributed by atoms with van der Waals surface area (Å²) in [5, 5.41) is 20.3. The molecule has 0 atom stereocenters. The van der Waals surface area contributed by atoms with Gasteiger partial charge >= 0.3 is 12.0 Å². The lowest BCUT2D eigenvalue weighted by molar-refractivity contribution is 0.0692. The first-order chi connectivity index (χ1) is 9.99. The third-order valence-corrected chi connectivity index (χ3v) is 2.89. The number of anilines is 1. The average Bonchev–Trinajstić information content (AvgIpc) is 2.45. The van der Waals surface area contributed by atoms with E-state index in [1.807, 2.05) is 6.92 Å². The number of aliphatic hydroxyl groups excluding tert-OH is 1. The fraction of sp³-hybridized carbons (Fsp3) is 0.429. The van der Waals surface area contributed by atoms with Gasteiger partial charge in [-0.2, -0.15) is 0 Å². The molecule has 0 aliphatic carbocycles. The molecule has 0 aromatic heterocycles. The first kappa shape index (κ1) is 16.9. The van der Waals surface area contributed by atoms with E-state index in [4.69, 9.17) is 10.2 Å². The monoisotopic (exact) mass is 298 g/mol. The van der Waals surface area contributed by atoms with E-state index in [1.165, 1.54) is 11.0 Å². The summed E-state index contributed by atoms with van der Waals surface area (Å²) in [5.41, 5.74) is -0.312. The maximum Gasteiger partial charge on any atom is 0.338 e. The quantitative estimate of drug-likeness (QED) is 0.719. The van der Waals surface area contributed by atoms with Crippen LogP contribution in [0, 0.1) is 5.82 Å². The molecule has 0 bridgehead atoms. The van der Waals surface area contributed by atoms with E-state index < -0.39 is 23.4 Å². The molecule has 1 rings (SSSR count). The van der Waals surface area contributed by atoms with E-state index in [1.54, 1.807) is 0 Å². The van der Waals surface area contributed by atoms with Gasteiger partial charge < -0.3 is 20.4 Å². The number of urea groups is 1. The van der Waals surface area contributed by atoms with Gasteiger partial charge in [-0.1, -0.05) is 13.3 Å². The second-order valence-corrected chi connectivity index (χ2v) is 4.49. The van der Waals surface area contributed by atoms with Crippen LogP contribution in [0.3, 0.4) is 0 Å². The molecule has 0 aliphatic rings. The van der Waals surface area contributed by atoms with Crippen molar-refractivity contribution >= 4 is 17.7 Å². The Hall–Kier alpha value is -2.15. The van der Waals surface area contributed by atoms with E-state index in [9.17, 15) is 14.0 Å². The molecule has 0 saturated heterocycles. The number of amides is 2. The predicted molar refractivity (Wildman–Crippen MR) is 75.9 cm³/mol. The van der Waals surface area contributed by atoms with Gasteiger partial charge in [-0.15, -0.1) is 0 Å². The zero-order valence-electron chi connectivity index (χ0n) is 11.8. The molecule has 0 saturated carbocycles. The van der Waals surface area contributed by atoms with Gasteiger partial charge in [0.1, 0.15) is 5.82 Å². The fourth-order valence-corrected chi connectivity index (χ4v) is 1.75. The standard InChI is InChI=1S/C14H19FN2O4/c1-2-3-6-17(7-8-18)14(21)16-10-4-5-12(15)11(9-10)13(19)20/h4-5,9,18H,2-3,6-8H2,1H3,(H,16,21)(H,19,20). The summed E-state index contributed by atoms with van der Waals surface area (Å²) in [5.74, 6) is -2.26. The third-order valence-electron chi connectivity index (χ3n) is 2.89. The van der Waals surface area contributed by atoms with Crippen molar-refractivity contribution in [2.45, 2.75) is 19.8 Å². The molecule has 1 aromatic carbocycles. The number of carboxylic acids is 1. The van der Waals surface area contributed by atoms with E-state index in [2.05, 4.69) is 5.32 Å². The van der Waals surface area contributed by atoms with Gasteiger partial charge in [0.2, 0.25) is 0 Å². The van der Waals surface area contributed by atoms with E-state index >= 15 is 0 Å². The molecule has 0 spiro atoms.